The molecule has 0 saturated carbocycles. The fraction of sp³-hybridized carbons (Fsp3) is 0. The van der Waals surface area contributed by atoms with E-state index >= 15 is 0 Å². The maximum absolute atomic E-state index is 11.5. The molecule has 4 rings (SSSR count). The third-order valence-electron chi connectivity index (χ3n) is 3.63. The highest BCUT2D eigenvalue weighted by Crippen LogP contribution is 2.19. The maximum Gasteiger partial charge on any atom is 0.346 e. The number of fused-ring (bicyclic) bond motifs is 2. The summed E-state index contributed by atoms with van der Waals surface area (Å²) in [5.41, 5.74) is 0.979. The Morgan fingerprint density at radius 2 is 1.00 bits per heavy atom. The molecule has 2 aromatic rings. The summed E-state index contributed by atoms with van der Waals surface area (Å²) in [5.74, 6) is -2.60. The van der Waals surface area contributed by atoms with E-state index in [1.54, 1.807) is 24.3 Å². The quantitative estimate of drug-likeness (QED) is 0.409. The summed E-state index contributed by atoms with van der Waals surface area (Å²) in [6.07, 6.45) is 0. The zero-order valence-electron chi connectivity index (χ0n) is 12.3. The number of cyclic esters (lactones) is 4. The first-order valence-electron chi connectivity index (χ1n) is 7.02. The standard InChI is InChI=1S/C16H6O7Si2/c17-13-9-3-1-7(5-11(9)15(19)21-13)24-23-25-8-2-4-10-12(6-8)16(20)22-14(10)18/h1-6H. The van der Waals surface area contributed by atoms with Crippen LogP contribution in [-0.2, 0) is 13.6 Å². The van der Waals surface area contributed by atoms with E-state index in [0.717, 1.165) is 10.4 Å². The molecule has 2 heterocycles. The second-order valence-corrected chi connectivity index (χ2v) is 7.56. The predicted molar refractivity (Wildman–Crippen MR) is 84.2 cm³/mol. The van der Waals surface area contributed by atoms with Crippen molar-refractivity contribution >= 4 is 53.8 Å². The SMILES string of the molecule is O=C1OC(=O)c2cc([Si]O[Si]c3ccc4c(c3)C(=O)OC4=O)ccc21. The van der Waals surface area contributed by atoms with Crippen molar-refractivity contribution in [2.75, 3.05) is 0 Å². The van der Waals surface area contributed by atoms with Gasteiger partial charge in [-0.2, -0.15) is 0 Å². The first-order valence-corrected chi connectivity index (χ1v) is 8.83. The normalized spacial score (nSPS) is 15.0. The minimum Gasteiger partial charge on any atom is -0.450 e. The Morgan fingerprint density at radius 3 is 1.44 bits per heavy atom. The molecule has 2 aliphatic rings. The van der Waals surface area contributed by atoms with Crippen LogP contribution in [-0.4, -0.2) is 43.4 Å². The third kappa shape index (κ3) is 2.73. The zero-order chi connectivity index (χ0) is 17.6. The van der Waals surface area contributed by atoms with Gasteiger partial charge in [0.1, 0.15) is 0 Å². The highest BCUT2D eigenvalue weighted by Gasteiger charge is 2.30. The lowest BCUT2D eigenvalue weighted by Crippen LogP contribution is -2.26. The number of ether oxygens (including phenoxy) is 2. The number of hydrogen-bond donors (Lipinski definition) is 0. The number of benzene rings is 2. The topological polar surface area (TPSA) is 96.0 Å². The van der Waals surface area contributed by atoms with Crippen LogP contribution < -0.4 is 10.4 Å². The first-order chi connectivity index (χ1) is 12.0. The van der Waals surface area contributed by atoms with Crippen molar-refractivity contribution in [3.8, 4) is 0 Å². The van der Waals surface area contributed by atoms with Crippen molar-refractivity contribution in [1.29, 1.82) is 0 Å². The Balaban J connectivity index is 1.44. The molecule has 9 heteroatoms. The van der Waals surface area contributed by atoms with Gasteiger partial charge in [-0.25, -0.2) is 19.2 Å². The van der Waals surface area contributed by atoms with E-state index in [0.29, 0.717) is 0 Å². The average Bonchev–Trinajstić information content (AvgIpc) is 3.04. The van der Waals surface area contributed by atoms with Gasteiger partial charge in [-0.05, 0) is 34.6 Å². The molecule has 0 spiro atoms. The minimum atomic E-state index is -0.657. The van der Waals surface area contributed by atoms with Crippen molar-refractivity contribution < 1.29 is 32.8 Å². The van der Waals surface area contributed by atoms with Gasteiger partial charge in [-0.1, -0.05) is 12.1 Å². The van der Waals surface area contributed by atoms with Gasteiger partial charge in [0.05, 0.1) is 22.3 Å². The van der Waals surface area contributed by atoms with Crippen molar-refractivity contribution in [3.63, 3.8) is 0 Å². The van der Waals surface area contributed by atoms with E-state index in [2.05, 4.69) is 9.47 Å². The molecule has 0 bridgehead atoms. The fourth-order valence-electron chi connectivity index (χ4n) is 2.44. The predicted octanol–water partition coefficient (Wildman–Crippen LogP) is -0.486. The Bertz CT molecular complexity index is 889. The highest BCUT2D eigenvalue weighted by atomic mass is 28.3. The van der Waals surface area contributed by atoms with E-state index in [1.165, 1.54) is 12.1 Å². The summed E-state index contributed by atoms with van der Waals surface area (Å²) in [7, 11) is -0.110. The van der Waals surface area contributed by atoms with Gasteiger partial charge in [-0.3, -0.25) is 0 Å². The van der Waals surface area contributed by atoms with E-state index < -0.39 is 23.9 Å². The van der Waals surface area contributed by atoms with Crippen LogP contribution in [0.3, 0.4) is 0 Å². The van der Waals surface area contributed by atoms with Crippen molar-refractivity contribution in [2.24, 2.45) is 0 Å². The summed E-state index contributed by atoms with van der Waals surface area (Å²) >= 11 is 0. The molecular weight excluding hydrogens is 360 g/mol. The van der Waals surface area contributed by atoms with Gasteiger partial charge in [0.15, 0.2) is 0 Å². The fourth-order valence-corrected chi connectivity index (χ4v) is 4.30. The van der Waals surface area contributed by atoms with E-state index in [9.17, 15) is 19.2 Å². The summed E-state index contributed by atoms with van der Waals surface area (Å²) in [6, 6.07) is 9.61. The molecule has 0 saturated heterocycles. The smallest absolute Gasteiger partial charge is 0.346 e. The second-order valence-electron chi connectivity index (χ2n) is 5.18. The van der Waals surface area contributed by atoms with Crippen LogP contribution in [0.1, 0.15) is 41.4 Å². The number of carbonyl (C=O) groups is 4. The van der Waals surface area contributed by atoms with Gasteiger partial charge in [0.25, 0.3) is 19.5 Å². The lowest BCUT2D eigenvalue weighted by molar-refractivity contribution is 0.0425. The minimum absolute atomic E-state index is 0.0552. The largest absolute Gasteiger partial charge is 0.450 e. The van der Waals surface area contributed by atoms with Crippen LogP contribution in [0.15, 0.2) is 36.4 Å². The third-order valence-corrected chi connectivity index (χ3v) is 5.54. The zero-order valence-corrected chi connectivity index (χ0v) is 14.3. The highest BCUT2D eigenvalue weighted by molar-refractivity contribution is 6.60. The van der Waals surface area contributed by atoms with Crippen LogP contribution in [0.5, 0.6) is 0 Å². The van der Waals surface area contributed by atoms with E-state index in [1.807, 2.05) is 0 Å². The van der Waals surface area contributed by atoms with Gasteiger partial charge in [-0.15, -0.1) is 0 Å². The summed E-state index contributed by atoms with van der Waals surface area (Å²) in [6.45, 7) is 0. The molecule has 120 valence electrons. The molecule has 0 fully saturated rings. The second kappa shape index (κ2) is 5.88. The molecule has 0 amide bonds. The van der Waals surface area contributed by atoms with Crippen LogP contribution >= 0.6 is 0 Å². The van der Waals surface area contributed by atoms with Crippen LogP contribution in [0.4, 0.5) is 0 Å². The summed E-state index contributed by atoms with van der Waals surface area (Å²) in [4.78, 5) is 45.9. The molecular formula is C16H6O7Si2. The Morgan fingerprint density at radius 1 is 0.600 bits per heavy atom. The van der Waals surface area contributed by atoms with Gasteiger partial charge in [0.2, 0.25) is 0 Å². The molecule has 2 aliphatic heterocycles. The Labute approximate surface area is 145 Å². The molecule has 0 aromatic heterocycles. The molecule has 2 aromatic carbocycles. The lowest BCUT2D eigenvalue weighted by Gasteiger charge is -2.03. The summed E-state index contributed by atoms with van der Waals surface area (Å²) in [5, 5.41) is 1.49. The van der Waals surface area contributed by atoms with Gasteiger partial charge in [0, 0.05) is 0 Å². The van der Waals surface area contributed by atoms with Crippen LogP contribution in [0.2, 0.25) is 0 Å². The van der Waals surface area contributed by atoms with Crippen molar-refractivity contribution in [3.05, 3.63) is 58.7 Å². The van der Waals surface area contributed by atoms with Crippen LogP contribution in [0.25, 0.3) is 0 Å². The molecule has 0 N–H and O–H groups in total. The Hall–Kier alpha value is -2.89. The van der Waals surface area contributed by atoms with Gasteiger partial charge >= 0.3 is 23.9 Å². The van der Waals surface area contributed by atoms with E-state index in [4.69, 9.17) is 4.12 Å². The number of rotatable bonds is 4. The molecule has 25 heavy (non-hydrogen) atoms. The van der Waals surface area contributed by atoms with Gasteiger partial charge < -0.3 is 13.6 Å². The van der Waals surface area contributed by atoms with Crippen molar-refractivity contribution in [2.45, 2.75) is 0 Å². The number of carbonyl (C=O) groups excluding carboxylic acids is 4. The number of esters is 4. The first kappa shape index (κ1) is 15.6. The van der Waals surface area contributed by atoms with Crippen molar-refractivity contribution in [1.82, 2.24) is 0 Å². The molecule has 0 atom stereocenters. The average molecular weight is 366 g/mol. The Kier molecular flexibility index (Phi) is 3.68. The molecule has 0 unspecified atom stereocenters. The molecule has 4 radical (unpaired) electrons. The monoisotopic (exact) mass is 366 g/mol. The molecule has 0 aliphatic carbocycles. The lowest BCUT2D eigenvalue weighted by atomic mass is 10.1. The summed E-state index contributed by atoms with van der Waals surface area (Å²) < 4.78 is 14.7. The van der Waals surface area contributed by atoms with E-state index in [-0.39, 0.29) is 41.8 Å². The molecule has 7 nitrogen and oxygen atoms in total. The maximum atomic E-state index is 11.5. The van der Waals surface area contributed by atoms with Crippen LogP contribution in [0, 0.1) is 0 Å². The number of hydrogen-bond acceptors (Lipinski definition) is 7.